The number of halogens is 1. The Balaban J connectivity index is 2.11. The van der Waals surface area contributed by atoms with Crippen LogP contribution in [0.15, 0.2) is 22.7 Å². The highest BCUT2D eigenvalue weighted by molar-refractivity contribution is 9.10. The number of sulfonamides is 1. The molecule has 0 saturated carbocycles. The summed E-state index contributed by atoms with van der Waals surface area (Å²) in [5, 5.41) is 7.45. The predicted octanol–water partition coefficient (Wildman–Crippen LogP) is 0.815. The van der Waals surface area contributed by atoms with Crippen LogP contribution in [-0.4, -0.2) is 51.0 Å². The van der Waals surface area contributed by atoms with Crippen molar-refractivity contribution in [2.45, 2.75) is 0 Å². The first-order valence-electron chi connectivity index (χ1n) is 6.13. The number of hydrogen-bond donors (Lipinski definition) is 2. The molecule has 1 saturated heterocycles. The fourth-order valence-electron chi connectivity index (χ4n) is 2.20. The molecule has 0 unspecified atom stereocenters. The Bertz CT molecular complexity index is 624. The molecule has 1 aromatic rings. The van der Waals surface area contributed by atoms with Crippen molar-refractivity contribution < 1.29 is 8.42 Å². The van der Waals surface area contributed by atoms with Gasteiger partial charge in [0.2, 0.25) is 10.0 Å². The summed E-state index contributed by atoms with van der Waals surface area (Å²) in [5.41, 5.74) is 7.13. The van der Waals surface area contributed by atoms with Crippen LogP contribution >= 0.6 is 15.9 Å². The summed E-state index contributed by atoms with van der Waals surface area (Å²) in [6, 6.07) is 5.61. The molecule has 3 N–H and O–H groups in total. The van der Waals surface area contributed by atoms with E-state index in [9.17, 15) is 8.42 Å². The SMILES string of the molecule is CS(=O)(=O)N1CCN(c2ccc(C(=N)N)c(Br)c2)CC1. The van der Waals surface area contributed by atoms with Crippen LogP contribution in [0.1, 0.15) is 5.56 Å². The van der Waals surface area contributed by atoms with Gasteiger partial charge in [0.25, 0.3) is 0 Å². The molecule has 6 nitrogen and oxygen atoms in total. The van der Waals surface area contributed by atoms with E-state index in [4.69, 9.17) is 11.1 Å². The van der Waals surface area contributed by atoms with Gasteiger partial charge in [-0.05, 0) is 34.1 Å². The van der Waals surface area contributed by atoms with E-state index in [0.717, 1.165) is 10.2 Å². The van der Waals surface area contributed by atoms with Gasteiger partial charge < -0.3 is 10.6 Å². The molecule has 0 amide bonds. The molecular weight excluding hydrogens is 344 g/mol. The molecule has 0 spiro atoms. The third kappa shape index (κ3) is 3.31. The van der Waals surface area contributed by atoms with Crippen LogP contribution in [0.25, 0.3) is 0 Å². The second kappa shape index (κ2) is 5.71. The Morgan fingerprint density at radius 1 is 1.30 bits per heavy atom. The van der Waals surface area contributed by atoms with E-state index in [0.29, 0.717) is 31.7 Å². The van der Waals surface area contributed by atoms with Crippen LogP contribution in [0.5, 0.6) is 0 Å². The molecule has 1 aromatic carbocycles. The van der Waals surface area contributed by atoms with Crippen LogP contribution < -0.4 is 10.6 Å². The van der Waals surface area contributed by atoms with Gasteiger partial charge in [0.1, 0.15) is 5.84 Å². The highest BCUT2D eigenvalue weighted by Gasteiger charge is 2.23. The normalized spacial score (nSPS) is 17.2. The molecular formula is C12H17BrN4O2S. The van der Waals surface area contributed by atoms with Gasteiger partial charge in [-0.15, -0.1) is 0 Å². The van der Waals surface area contributed by atoms with E-state index >= 15 is 0 Å². The number of rotatable bonds is 3. The maximum atomic E-state index is 11.5. The molecule has 110 valence electrons. The Morgan fingerprint density at radius 3 is 2.35 bits per heavy atom. The van der Waals surface area contributed by atoms with Crippen molar-refractivity contribution in [1.82, 2.24) is 4.31 Å². The summed E-state index contributed by atoms with van der Waals surface area (Å²) in [4.78, 5) is 2.12. The maximum absolute atomic E-state index is 11.5. The van der Waals surface area contributed by atoms with Crippen molar-refractivity contribution in [3.63, 3.8) is 0 Å². The van der Waals surface area contributed by atoms with E-state index in [1.807, 2.05) is 12.1 Å². The molecule has 0 bridgehead atoms. The summed E-state index contributed by atoms with van der Waals surface area (Å²) >= 11 is 3.40. The van der Waals surface area contributed by atoms with Crippen LogP contribution in [0.2, 0.25) is 0 Å². The highest BCUT2D eigenvalue weighted by Crippen LogP contribution is 2.25. The first kappa shape index (κ1) is 15.3. The van der Waals surface area contributed by atoms with Crippen LogP contribution in [0, 0.1) is 5.41 Å². The number of anilines is 1. The summed E-state index contributed by atoms with van der Waals surface area (Å²) < 4.78 is 25.2. The Labute approximate surface area is 127 Å². The standard InChI is InChI=1S/C12H17BrN4O2S/c1-20(18,19)17-6-4-16(5-7-17)9-2-3-10(12(14)15)11(13)8-9/h2-3,8H,4-7H2,1H3,(H3,14,15). The molecule has 0 aromatic heterocycles. The zero-order valence-electron chi connectivity index (χ0n) is 11.1. The van der Waals surface area contributed by atoms with E-state index in [1.54, 1.807) is 6.07 Å². The molecule has 0 radical (unpaired) electrons. The molecule has 1 aliphatic rings. The number of hydrogen-bond acceptors (Lipinski definition) is 4. The van der Waals surface area contributed by atoms with Crippen molar-refractivity contribution in [2.75, 3.05) is 37.3 Å². The van der Waals surface area contributed by atoms with Gasteiger partial charge in [-0.1, -0.05) is 0 Å². The monoisotopic (exact) mass is 360 g/mol. The second-order valence-corrected chi connectivity index (χ2v) is 7.56. The van der Waals surface area contributed by atoms with Crippen LogP contribution in [-0.2, 0) is 10.0 Å². The first-order valence-corrected chi connectivity index (χ1v) is 8.77. The van der Waals surface area contributed by atoms with Gasteiger partial charge in [0, 0.05) is 41.9 Å². The number of amidine groups is 1. The lowest BCUT2D eigenvalue weighted by Crippen LogP contribution is -2.48. The van der Waals surface area contributed by atoms with E-state index in [1.165, 1.54) is 10.6 Å². The average Bonchev–Trinajstić information content (AvgIpc) is 2.37. The molecule has 1 heterocycles. The van der Waals surface area contributed by atoms with Gasteiger partial charge in [0.05, 0.1) is 6.26 Å². The number of benzene rings is 1. The molecule has 0 atom stereocenters. The minimum atomic E-state index is -3.10. The third-order valence-electron chi connectivity index (χ3n) is 3.32. The summed E-state index contributed by atoms with van der Waals surface area (Å²) in [6.07, 6.45) is 1.24. The highest BCUT2D eigenvalue weighted by atomic mass is 79.9. The molecule has 2 rings (SSSR count). The second-order valence-electron chi connectivity index (χ2n) is 4.73. The lowest BCUT2D eigenvalue weighted by molar-refractivity contribution is 0.388. The zero-order valence-corrected chi connectivity index (χ0v) is 13.5. The number of nitrogen functional groups attached to an aromatic ring is 1. The van der Waals surface area contributed by atoms with Crippen LogP contribution in [0.4, 0.5) is 5.69 Å². The summed E-state index contributed by atoms with van der Waals surface area (Å²) in [5.74, 6) is 0.0188. The average molecular weight is 361 g/mol. The molecule has 8 heteroatoms. The smallest absolute Gasteiger partial charge is 0.211 e. The molecule has 0 aliphatic carbocycles. The largest absolute Gasteiger partial charge is 0.384 e. The van der Waals surface area contributed by atoms with Gasteiger partial charge in [-0.2, -0.15) is 4.31 Å². The van der Waals surface area contributed by atoms with E-state index in [-0.39, 0.29) is 5.84 Å². The quantitative estimate of drug-likeness (QED) is 0.616. The van der Waals surface area contributed by atoms with Gasteiger partial charge >= 0.3 is 0 Å². The fraction of sp³-hybridized carbons (Fsp3) is 0.417. The van der Waals surface area contributed by atoms with Crippen molar-refractivity contribution in [2.24, 2.45) is 5.73 Å². The van der Waals surface area contributed by atoms with Crippen molar-refractivity contribution in [1.29, 1.82) is 5.41 Å². The molecule has 20 heavy (non-hydrogen) atoms. The van der Waals surface area contributed by atoms with Crippen LogP contribution in [0.3, 0.4) is 0 Å². The summed E-state index contributed by atoms with van der Waals surface area (Å²) in [6.45, 7) is 2.29. The lowest BCUT2D eigenvalue weighted by atomic mass is 10.1. The predicted molar refractivity (Wildman–Crippen MR) is 83.8 cm³/mol. The van der Waals surface area contributed by atoms with Gasteiger partial charge in [-0.25, -0.2) is 8.42 Å². The fourth-order valence-corrected chi connectivity index (χ4v) is 3.60. The zero-order chi connectivity index (χ0) is 14.9. The summed E-state index contributed by atoms with van der Waals surface area (Å²) in [7, 11) is -3.10. The van der Waals surface area contributed by atoms with E-state index in [2.05, 4.69) is 20.8 Å². The topological polar surface area (TPSA) is 90.5 Å². The third-order valence-corrected chi connectivity index (χ3v) is 5.27. The molecule has 1 fully saturated rings. The van der Waals surface area contributed by atoms with Gasteiger partial charge in [-0.3, -0.25) is 5.41 Å². The van der Waals surface area contributed by atoms with Gasteiger partial charge in [0.15, 0.2) is 0 Å². The molecule has 1 aliphatic heterocycles. The minimum Gasteiger partial charge on any atom is -0.384 e. The first-order chi connectivity index (χ1) is 9.29. The maximum Gasteiger partial charge on any atom is 0.211 e. The number of nitrogens with two attached hydrogens (primary N) is 1. The number of nitrogens with one attached hydrogen (secondary N) is 1. The van der Waals surface area contributed by atoms with Crippen molar-refractivity contribution >= 4 is 37.5 Å². The Kier molecular flexibility index (Phi) is 4.36. The number of piperazine rings is 1. The minimum absolute atomic E-state index is 0.0188. The Hall–Kier alpha value is -1.12. The van der Waals surface area contributed by atoms with E-state index < -0.39 is 10.0 Å². The lowest BCUT2D eigenvalue weighted by Gasteiger charge is -2.34. The number of nitrogens with zero attached hydrogens (tertiary/aromatic N) is 2. The Morgan fingerprint density at radius 2 is 1.90 bits per heavy atom. The van der Waals surface area contributed by atoms with Crippen molar-refractivity contribution in [3.8, 4) is 0 Å². The van der Waals surface area contributed by atoms with Crippen molar-refractivity contribution in [3.05, 3.63) is 28.2 Å².